The van der Waals surface area contributed by atoms with Crippen molar-refractivity contribution in [3.63, 3.8) is 0 Å². The first-order valence-electron chi connectivity index (χ1n) is 6.13. The van der Waals surface area contributed by atoms with E-state index in [1.54, 1.807) is 0 Å². The lowest BCUT2D eigenvalue weighted by Crippen LogP contribution is -2.13. The summed E-state index contributed by atoms with van der Waals surface area (Å²) in [5, 5.41) is 9.76. The van der Waals surface area contributed by atoms with Crippen LogP contribution in [-0.2, 0) is 0 Å². The van der Waals surface area contributed by atoms with Gasteiger partial charge in [0.2, 0.25) is 0 Å². The van der Waals surface area contributed by atoms with Crippen molar-refractivity contribution in [1.29, 1.82) is 0 Å². The lowest BCUT2D eigenvalue weighted by molar-refractivity contribution is 0.142. The van der Waals surface area contributed by atoms with Gasteiger partial charge in [-0.3, -0.25) is 0 Å². The summed E-state index contributed by atoms with van der Waals surface area (Å²) in [5.41, 5.74) is 1.20. The van der Waals surface area contributed by atoms with Crippen LogP contribution in [0.3, 0.4) is 0 Å². The molecule has 0 aromatic rings. The van der Waals surface area contributed by atoms with Crippen LogP contribution in [-0.4, -0.2) is 11.2 Å². The summed E-state index contributed by atoms with van der Waals surface area (Å²) < 4.78 is 0. The summed E-state index contributed by atoms with van der Waals surface area (Å²) >= 11 is 0. The summed E-state index contributed by atoms with van der Waals surface area (Å²) in [4.78, 5) is 0. The first-order chi connectivity index (χ1) is 7.09. The highest BCUT2D eigenvalue weighted by Crippen LogP contribution is 2.24. The van der Waals surface area contributed by atoms with Crippen LogP contribution >= 0.6 is 0 Å². The zero-order valence-corrected chi connectivity index (χ0v) is 10.1. The second kappa shape index (κ2) is 6.12. The van der Waals surface area contributed by atoms with Crippen molar-refractivity contribution >= 4 is 0 Å². The Kier molecular flexibility index (Phi) is 5.10. The molecule has 0 saturated heterocycles. The van der Waals surface area contributed by atoms with E-state index in [1.807, 2.05) is 0 Å². The third-order valence-electron chi connectivity index (χ3n) is 3.30. The van der Waals surface area contributed by atoms with Crippen molar-refractivity contribution in [3.05, 3.63) is 24.3 Å². The minimum absolute atomic E-state index is 0.106. The number of aliphatic hydroxyl groups is 1. The van der Waals surface area contributed by atoms with Crippen LogP contribution in [0.15, 0.2) is 24.3 Å². The van der Waals surface area contributed by atoms with Gasteiger partial charge >= 0.3 is 0 Å². The first kappa shape index (κ1) is 12.5. The summed E-state index contributed by atoms with van der Waals surface area (Å²) in [6.07, 6.45) is 9.42. The molecule has 0 aromatic carbocycles. The lowest BCUT2D eigenvalue weighted by Gasteiger charge is -2.20. The van der Waals surface area contributed by atoms with E-state index in [9.17, 15) is 5.11 Å². The maximum absolute atomic E-state index is 9.76. The third-order valence-corrected chi connectivity index (χ3v) is 3.30. The highest BCUT2D eigenvalue weighted by molar-refractivity contribution is 5.15. The van der Waals surface area contributed by atoms with Crippen molar-refractivity contribution < 1.29 is 5.11 Å². The topological polar surface area (TPSA) is 20.2 Å². The molecular formula is C14H24O. The van der Waals surface area contributed by atoms with E-state index in [4.69, 9.17) is 0 Å². The molecule has 0 radical (unpaired) electrons. The Morgan fingerprint density at radius 1 is 1.33 bits per heavy atom. The molecule has 15 heavy (non-hydrogen) atoms. The van der Waals surface area contributed by atoms with Crippen molar-refractivity contribution in [2.75, 3.05) is 0 Å². The Hall–Kier alpha value is -0.560. The van der Waals surface area contributed by atoms with Crippen molar-refractivity contribution in [3.8, 4) is 0 Å². The van der Waals surface area contributed by atoms with Gasteiger partial charge in [0.25, 0.3) is 0 Å². The molecule has 0 bridgehead atoms. The summed E-state index contributed by atoms with van der Waals surface area (Å²) in [7, 11) is 0. The SMILES string of the molecule is C=C1C=C[C@H](C(C)C)CCC(O)CCC1. The average Bonchev–Trinajstić information content (AvgIpc) is 2.16. The van der Waals surface area contributed by atoms with Gasteiger partial charge in [-0.2, -0.15) is 0 Å². The predicted molar refractivity (Wildman–Crippen MR) is 65.7 cm³/mol. The Labute approximate surface area is 93.9 Å². The van der Waals surface area contributed by atoms with Gasteiger partial charge in [0.1, 0.15) is 0 Å². The van der Waals surface area contributed by atoms with Gasteiger partial charge in [-0.05, 0) is 43.9 Å². The highest BCUT2D eigenvalue weighted by atomic mass is 16.3. The van der Waals surface area contributed by atoms with E-state index >= 15 is 0 Å². The molecule has 0 heterocycles. The van der Waals surface area contributed by atoms with E-state index in [1.165, 1.54) is 5.57 Å². The van der Waals surface area contributed by atoms with Crippen LogP contribution in [0.2, 0.25) is 0 Å². The van der Waals surface area contributed by atoms with E-state index in [0.717, 1.165) is 32.1 Å². The Morgan fingerprint density at radius 2 is 2.07 bits per heavy atom. The summed E-state index contributed by atoms with van der Waals surface area (Å²) in [5.74, 6) is 1.25. The molecule has 0 saturated carbocycles. The molecule has 0 fully saturated rings. The smallest absolute Gasteiger partial charge is 0.0540 e. The van der Waals surface area contributed by atoms with Gasteiger partial charge in [0.15, 0.2) is 0 Å². The maximum atomic E-state index is 9.76. The van der Waals surface area contributed by atoms with Crippen molar-refractivity contribution in [1.82, 2.24) is 0 Å². The van der Waals surface area contributed by atoms with E-state index in [-0.39, 0.29) is 6.10 Å². The molecule has 0 aromatic heterocycles. The lowest BCUT2D eigenvalue weighted by atomic mass is 9.87. The number of allylic oxidation sites excluding steroid dienone is 3. The highest BCUT2D eigenvalue weighted by Gasteiger charge is 2.14. The molecule has 2 atom stereocenters. The van der Waals surface area contributed by atoms with Crippen LogP contribution < -0.4 is 0 Å². The minimum Gasteiger partial charge on any atom is -0.393 e. The van der Waals surface area contributed by atoms with E-state index in [2.05, 4.69) is 32.6 Å². The molecule has 1 heteroatoms. The summed E-state index contributed by atoms with van der Waals surface area (Å²) in [6.45, 7) is 8.53. The van der Waals surface area contributed by atoms with Crippen molar-refractivity contribution in [2.24, 2.45) is 11.8 Å². The molecule has 86 valence electrons. The fourth-order valence-corrected chi connectivity index (χ4v) is 2.09. The van der Waals surface area contributed by atoms with Gasteiger partial charge in [-0.25, -0.2) is 0 Å². The van der Waals surface area contributed by atoms with Crippen LogP contribution in [0.5, 0.6) is 0 Å². The van der Waals surface area contributed by atoms with Gasteiger partial charge in [-0.15, -0.1) is 0 Å². The van der Waals surface area contributed by atoms with Crippen LogP contribution in [0, 0.1) is 11.8 Å². The molecule has 1 unspecified atom stereocenters. The molecule has 0 amide bonds. The van der Waals surface area contributed by atoms with Gasteiger partial charge < -0.3 is 5.11 Å². The number of hydrogen-bond donors (Lipinski definition) is 1. The van der Waals surface area contributed by atoms with Gasteiger partial charge in [0, 0.05) is 0 Å². The number of aliphatic hydroxyl groups excluding tert-OH is 1. The second-order valence-electron chi connectivity index (χ2n) is 5.05. The molecule has 0 spiro atoms. The molecular weight excluding hydrogens is 184 g/mol. The third kappa shape index (κ3) is 4.65. The molecule has 1 nitrogen and oxygen atoms in total. The normalized spacial score (nSPS) is 29.5. The number of rotatable bonds is 1. The number of hydrogen-bond acceptors (Lipinski definition) is 1. The van der Waals surface area contributed by atoms with E-state index in [0.29, 0.717) is 11.8 Å². The molecule has 1 rings (SSSR count). The molecule has 1 N–H and O–H groups in total. The van der Waals surface area contributed by atoms with Crippen LogP contribution in [0.1, 0.15) is 46.0 Å². The average molecular weight is 208 g/mol. The Morgan fingerprint density at radius 3 is 2.73 bits per heavy atom. The largest absolute Gasteiger partial charge is 0.393 e. The molecule has 0 aliphatic heterocycles. The minimum atomic E-state index is -0.106. The maximum Gasteiger partial charge on any atom is 0.0540 e. The fourth-order valence-electron chi connectivity index (χ4n) is 2.09. The van der Waals surface area contributed by atoms with Crippen molar-refractivity contribution in [2.45, 2.75) is 52.1 Å². The first-order valence-corrected chi connectivity index (χ1v) is 6.13. The Bertz CT molecular complexity index is 227. The second-order valence-corrected chi connectivity index (χ2v) is 5.05. The predicted octanol–water partition coefficient (Wildman–Crippen LogP) is 3.70. The molecule has 1 aliphatic rings. The Balaban J connectivity index is 2.63. The quantitative estimate of drug-likeness (QED) is 0.696. The van der Waals surface area contributed by atoms with Crippen LogP contribution in [0.4, 0.5) is 0 Å². The molecule has 1 aliphatic carbocycles. The fraction of sp³-hybridized carbons (Fsp3) is 0.714. The summed E-state index contributed by atoms with van der Waals surface area (Å²) in [6, 6.07) is 0. The zero-order valence-electron chi connectivity index (χ0n) is 10.1. The standard InChI is InChI=1S/C14H24O/c1-11(2)13-8-7-12(3)5-4-6-14(15)10-9-13/h7-8,11,13-15H,3-6,9-10H2,1-2H3/t13-,14?/m0/s1. The van der Waals surface area contributed by atoms with Gasteiger partial charge in [0.05, 0.1) is 6.10 Å². The zero-order chi connectivity index (χ0) is 11.3. The van der Waals surface area contributed by atoms with Gasteiger partial charge in [-0.1, -0.05) is 38.2 Å². The monoisotopic (exact) mass is 208 g/mol. The van der Waals surface area contributed by atoms with E-state index < -0.39 is 0 Å². The van der Waals surface area contributed by atoms with Crippen LogP contribution in [0.25, 0.3) is 0 Å².